The molecular formula is C21H17ClN4OS2. The van der Waals surface area contributed by atoms with E-state index in [1.165, 1.54) is 0 Å². The van der Waals surface area contributed by atoms with Crippen LogP contribution >= 0.6 is 34.7 Å². The predicted octanol–water partition coefficient (Wildman–Crippen LogP) is 5.37. The summed E-state index contributed by atoms with van der Waals surface area (Å²) in [5, 5.41) is 4.77. The van der Waals surface area contributed by atoms with Crippen molar-refractivity contribution in [2.24, 2.45) is 5.10 Å². The zero-order chi connectivity index (χ0) is 20.1. The number of nitrogens with zero attached hydrogens (tertiary/aromatic N) is 3. The van der Waals surface area contributed by atoms with Crippen molar-refractivity contribution in [3.05, 3.63) is 77.6 Å². The number of halogens is 1. The summed E-state index contributed by atoms with van der Waals surface area (Å²) in [6, 6.07) is 19.4. The molecule has 0 radical (unpaired) electrons. The summed E-state index contributed by atoms with van der Waals surface area (Å²) in [5.41, 5.74) is 5.41. The van der Waals surface area contributed by atoms with Crippen LogP contribution in [-0.2, 0) is 4.79 Å². The fourth-order valence-electron chi connectivity index (χ4n) is 2.71. The molecule has 146 valence electrons. The lowest BCUT2D eigenvalue weighted by Gasteiger charge is -2.06. The van der Waals surface area contributed by atoms with Gasteiger partial charge < -0.3 is 4.57 Å². The summed E-state index contributed by atoms with van der Waals surface area (Å²) in [6.07, 6.45) is 3.93. The molecule has 2 aromatic heterocycles. The molecular weight excluding hydrogens is 424 g/mol. The molecule has 0 unspecified atom stereocenters. The molecule has 0 atom stereocenters. The van der Waals surface area contributed by atoms with Crippen molar-refractivity contribution < 1.29 is 4.79 Å². The minimum Gasteiger partial charge on any atom is -0.316 e. The summed E-state index contributed by atoms with van der Waals surface area (Å²) in [6.45, 7) is 0. The third-order valence-corrected chi connectivity index (χ3v) is 6.53. The smallest absolute Gasteiger partial charge is 0.240 e. The Kier molecular flexibility index (Phi) is 6.29. The van der Waals surface area contributed by atoms with Crippen molar-refractivity contribution in [2.45, 2.75) is 10.8 Å². The summed E-state index contributed by atoms with van der Waals surface area (Å²) < 4.78 is 4.10. The van der Waals surface area contributed by atoms with E-state index in [2.05, 4.69) is 21.6 Å². The van der Waals surface area contributed by atoms with Gasteiger partial charge in [0.2, 0.25) is 5.91 Å². The van der Waals surface area contributed by atoms with E-state index in [9.17, 15) is 4.79 Å². The number of thioether (sulfide) groups is 1. The van der Waals surface area contributed by atoms with E-state index in [-0.39, 0.29) is 5.91 Å². The van der Waals surface area contributed by atoms with Crippen molar-refractivity contribution in [1.29, 1.82) is 0 Å². The van der Waals surface area contributed by atoms with E-state index in [4.69, 9.17) is 11.6 Å². The van der Waals surface area contributed by atoms with Crippen LogP contribution in [0.4, 0.5) is 0 Å². The van der Waals surface area contributed by atoms with Crippen molar-refractivity contribution in [3.63, 3.8) is 0 Å². The molecule has 1 N–H and O–H groups in total. The number of benzene rings is 2. The number of aromatic nitrogens is 2. The molecule has 0 aliphatic carbocycles. The Balaban J connectivity index is 1.28. The maximum Gasteiger partial charge on any atom is 0.240 e. The number of hydrazone groups is 1. The van der Waals surface area contributed by atoms with Gasteiger partial charge >= 0.3 is 0 Å². The zero-order valence-electron chi connectivity index (χ0n) is 15.3. The number of hydrogen-bond donors (Lipinski definition) is 1. The fourth-order valence-corrected chi connectivity index (χ4v) is 4.91. The van der Waals surface area contributed by atoms with Crippen molar-refractivity contribution >= 4 is 57.0 Å². The minimum atomic E-state index is -0.125. The van der Waals surface area contributed by atoms with Crippen LogP contribution in [0.5, 0.6) is 0 Å². The second kappa shape index (κ2) is 9.26. The van der Waals surface area contributed by atoms with E-state index in [0.29, 0.717) is 17.2 Å². The molecule has 4 rings (SSSR count). The third kappa shape index (κ3) is 5.06. The first-order valence-electron chi connectivity index (χ1n) is 8.92. The lowest BCUT2D eigenvalue weighted by Crippen LogP contribution is -2.18. The van der Waals surface area contributed by atoms with Crippen molar-refractivity contribution in [3.8, 4) is 5.69 Å². The van der Waals surface area contributed by atoms with Crippen LogP contribution in [0, 0.1) is 0 Å². The monoisotopic (exact) mass is 440 g/mol. The molecule has 8 heteroatoms. The molecule has 0 bridgehead atoms. The fraction of sp³-hybridized carbons (Fsp3) is 0.0952. The van der Waals surface area contributed by atoms with Crippen LogP contribution in [-0.4, -0.2) is 27.4 Å². The topological polar surface area (TPSA) is 59.3 Å². The molecule has 1 amide bonds. The second-order valence-corrected chi connectivity index (χ2v) is 8.93. The van der Waals surface area contributed by atoms with Gasteiger partial charge in [0.25, 0.3) is 0 Å². The van der Waals surface area contributed by atoms with Gasteiger partial charge in [-0.2, -0.15) is 5.10 Å². The van der Waals surface area contributed by atoms with Crippen molar-refractivity contribution in [1.82, 2.24) is 15.0 Å². The number of thiazole rings is 1. The van der Waals surface area contributed by atoms with E-state index in [0.717, 1.165) is 25.9 Å². The molecule has 2 aromatic carbocycles. The van der Waals surface area contributed by atoms with Gasteiger partial charge in [-0.05, 0) is 48.5 Å². The number of carbonyl (C=O) groups is 1. The molecule has 0 spiro atoms. The average Bonchev–Trinajstić information content (AvgIpc) is 3.35. The summed E-state index contributed by atoms with van der Waals surface area (Å²) in [4.78, 5) is 16.6. The van der Waals surface area contributed by atoms with Crippen LogP contribution in [0.15, 0.2) is 76.3 Å². The number of hydrogen-bond acceptors (Lipinski definition) is 5. The Hall–Kier alpha value is -2.61. The molecule has 0 fully saturated rings. The molecule has 2 heterocycles. The van der Waals surface area contributed by atoms with Crippen LogP contribution in [0.2, 0.25) is 5.02 Å². The number of fused-ring (bicyclic) bond motifs is 1. The number of para-hydroxylation sites is 1. The molecule has 29 heavy (non-hydrogen) atoms. The molecule has 0 aliphatic heterocycles. The Morgan fingerprint density at radius 2 is 2.00 bits per heavy atom. The number of rotatable bonds is 7. The van der Waals surface area contributed by atoms with E-state index in [1.807, 2.05) is 65.4 Å². The van der Waals surface area contributed by atoms with E-state index < -0.39 is 0 Å². The maximum atomic E-state index is 12.0. The SMILES string of the molecule is O=C(CCSc1nc2ccccc2s1)N/N=C/c1cccn1-c1ccc(Cl)cc1. The minimum absolute atomic E-state index is 0.125. The Bertz CT molecular complexity index is 1120. The zero-order valence-corrected chi connectivity index (χ0v) is 17.7. The van der Waals surface area contributed by atoms with Crippen LogP contribution < -0.4 is 5.43 Å². The van der Waals surface area contributed by atoms with Gasteiger partial charge in [0.15, 0.2) is 4.34 Å². The number of carbonyl (C=O) groups excluding carboxylic acids is 1. The van der Waals surface area contributed by atoms with Gasteiger partial charge in [-0.25, -0.2) is 10.4 Å². The Labute approximate surface area is 181 Å². The first-order chi connectivity index (χ1) is 14.2. The van der Waals surface area contributed by atoms with Gasteiger partial charge in [0, 0.05) is 29.1 Å². The highest BCUT2D eigenvalue weighted by molar-refractivity contribution is 8.01. The van der Waals surface area contributed by atoms with Crippen LogP contribution in [0.3, 0.4) is 0 Å². The number of nitrogens with one attached hydrogen (secondary N) is 1. The standard InChI is InChI=1S/C21H17ClN4OS2/c22-15-7-9-16(10-8-15)26-12-3-4-17(26)14-23-25-20(27)11-13-28-21-24-18-5-1-2-6-19(18)29-21/h1-10,12,14H,11,13H2,(H,25,27)/b23-14+. The van der Waals surface area contributed by atoms with Crippen molar-refractivity contribution in [2.75, 3.05) is 5.75 Å². The van der Waals surface area contributed by atoms with Gasteiger partial charge in [-0.1, -0.05) is 35.5 Å². The lowest BCUT2D eigenvalue weighted by molar-refractivity contribution is -0.120. The highest BCUT2D eigenvalue weighted by Crippen LogP contribution is 2.29. The van der Waals surface area contributed by atoms with Crippen LogP contribution in [0.25, 0.3) is 15.9 Å². The van der Waals surface area contributed by atoms with E-state index >= 15 is 0 Å². The molecule has 5 nitrogen and oxygen atoms in total. The predicted molar refractivity (Wildman–Crippen MR) is 121 cm³/mol. The highest BCUT2D eigenvalue weighted by atomic mass is 35.5. The van der Waals surface area contributed by atoms with Crippen LogP contribution in [0.1, 0.15) is 12.1 Å². The molecule has 0 aliphatic rings. The maximum absolute atomic E-state index is 12.0. The van der Waals surface area contributed by atoms with E-state index in [1.54, 1.807) is 29.3 Å². The first-order valence-corrected chi connectivity index (χ1v) is 11.1. The lowest BCUT2D eigenvalue weighted by atomic mass is 10.3. The first kappa shape index (κ1) is 19.7. The van der Waals surface area contributed by atoms with Gasteiger partial charge in [-0.15, -0.1) is 11.3 Å². The third-order valence-electron chi connectivity index (χ3n) is 4.10. The van der Waals surface area contributed by atoms with Gasteiger partial charge in [-0.3, -0.25) is 4.79 Å². The Morgan fingerprint density at radius 3 is 2.83 bits per heavy atom. The normalized spacial score (nSPS) is 11.3. The van der Waals surface area contributed by atoms with Gasteiger partial charge in [0.1, 0.15) is 0 Å². The Morgan fingerprint density at radius 1 is 1.17 bits per heavy atom. The quantitative estimate of drug-likeness (QED) is 0.238. The van der Waals surface area contributed by atoms with Gasteiger partial charge in [0.05, 0.1) is 22.1 Å². The molecule has 0 saturated carbocycles. The average molecular weight is 441 g/mol. The largest absolute Gasteiger partial charge is 0.316 e. The molecule has 0 saturated heterocycles. The second-order valence-electron chi connectivity index (χ2n) is 6.12. The summed E-state index contributed by atoms with van der Waals surface area (Å²) in [7, 11) is 0. The highest BCUT2D eigenvalue weighted by Gasteiger charge is 2.06. The number of amides is 1. The summed E-state index contributed by atoms with van der Waals surface area (Å²) in [5.74, 6) is 0.530. The summed E-state index contributed by atoms with van der Waals surface area (Å²) >= 11 is 9.18. The molecule has 4 aromatic rings.